The zero-order valence-electron chi connectivity index (χ0n) is 17.0. The molecule has 1 amide bonds. The Morgan fingerprint density at radius 1 is 1.13 bits per heavy atom. The maximum atomic E-state index is 13.0. The maximum absolute atomic E-state index is 13.0. The first kappa shape index (κ1) is 20.2. The van der Waals surface area contributed by atoms with Gasteiger partial charge in [-0.3, -0.25) is 4.79 Å². The summed E-state index contributed by atoms with van der Waals surface area (Å²) >= 11 is 0. The van der Waals surface area contributed by atoms with Gasteiger partial charge in [0.1, 0.15) is 5.65 Å². The fourth-order valence-electron chi connectivity index (χ4n) is 4.31. The van der Waals surface area contributed by atoms with Crippen LogP contribution in [0.3, 0.4) is 0 Å². The van der Waals surface area contributed by atoms with E-state index >= 15 is 0 Å². The van der Waals surface area contributed by atoms with Gasteiger partial charge in [-0.2, -0.15) is 4.31 Å². The van der Waals surface area contributed by atoms with Crippen molar-refractivity contribution in [2.24, 2.45) is 11.8 Å². The minimum absolute atomic E-state index is 0.200. The van der Waals surface area contributed by atoms with Crippen molar-refractivity contribution >= 4 is 21.6 Å². The number of nitrogens with one attached hydrogen (secondary N) is 1. The van der Waals surface area contributed by atoms with Gasteiger partial charge in [-0.05, 0) is 42.2 Å². The van der Waals surface area contributed by atoms with Gasteiger partial charge in [-0.1, -0.05) is 12.1 Å². The monoisotopic (exact) mass is 440 g/mol. The van der Waals surface area contributed by atoms with Crippen molar-refractivity contribution < 1.29 is 17.9 Å². The number of sulfonamides is 1. The molecular formula is C22H24N4O4S. The van der Waals surface area contributed by atoms with Crippen molar-refractivity contribution in [1.82, 2.24) is 19.0 Å². The number of hydrogen-bond acceptors (Lipinski definition) is 5. The molecule has 0 radical (unpaired) electrons. The van der Waals surface area contributed by atoms with Crippen LogP contribution < -0.4 is 5.32 Å². The highest BCUT2D eigenvalue weighted by atomic mass is 32.2. The van der Waals surface area contributed by atoms with Gasteiger partial charge in [0.15, 0.2) is 0 Å². The zero-order valence-corrected chi connectivity index (χ0v) is 17.8. The fourth-order valence-corrected chi connectivity index (χ4v) is 5.82. The smallest absolute Gasteiger partial charge is 0.253 e. The number of carbonyl (C=O) groups is 1. The summed E-state index contributed by atoms with van der Waals surface area (Å²) in [5.74, 6) is 0.570. The molecule has 1 aromatic carbocycles. The molecule has 2 fully saturated rings. The number of pyridine rings is 1. The number of amides is 1. The normalized spacial score (nSPS) is 21.8. The molecule has 1 N–H and O–H groups in total. The number of piperidine rings is 1. The van der Waals surface area contributed by atoms with E-state index in [1.165, 1.54) is 0 Å². The molecule has 0 spiro atoms. The highest BCUT2D eigenvalue weighted by Crippen LogP contribution is 2.32. The first-order chi connectivity index (χ1) is 15.0. The van der Waals surface area contributed by atoms with Gasteiger partial charge in [-0.25, -0.2) is 13.4 Å². The van der Waals surface area contributed by atoms with Gasteiger partial charge in [0.05, 0.1) is 17.1 Å². The van der Waals surface area contributed by atoms with Crippen LogP contribution in [0.15, 0.2) is 59.9 Å². The summed E-state index contributed by atoms with van der Waals surface area (Å²) in [6.07, 6.45) is 6.04. The SMILES string of the molecule is O=C(NCc1ccc(S(=O)(=O)N2CCC3COCC3C2)cc1)c1ccc2nccn2c1. The molecular weight excluding hydrogens is 416 g/mol. The van der Waals surface area contributed by atoms with Crippen LogP contribution in [-0.4, -0.2) is 54.3 Å². The van der Waals surface area contributed by atoms with E-state index in [0.29, 0.717) is 43.6 Å². The standard InChI is InChI=1S/C22H24N4O4S/c27-22(17-3-6-21-23-8-10-25(21)12-17)24-11-16-1-4-20(5-2-16)31(28,29)26-9-7-18-14-30-15-19(18)13-26/h1-6,8,10,12,18-19H,7,9,11,13-15H2,(H,24,27). The average molecular weight is 441 g/mol. The van der Waals surface area contributed by atoms with Crippen LogP contribution >= 0.6 is 0 Å². The largest absolute Gasteiger partial charge is 0.381 e. The molecule has 2 saturated heterocycles. The Bertz CT molecular complexity index is 1210. The van der Waals surface area contributed by atoms with E-state index in [-0.39, 0.29) is 10.8 Å². The average Bonchev–Trinajstić information content (AvgIpc) is 3.45. The lowest BCUT2D eigenvalue weighted by molar-refractivity contribution is 0.0950. The van der Waals surface area contributed by atoms with Crippen LogP contribution in [0.1, 0.15) is 22.3 Å². The maximum Gasteiger partial charge on any atom is 0.253 e. The summed E-state index contributed by atoms with van der Waals surface area (Å²) < 4.78 is 34.9. The van der Waals surface area contributed by atoms with Crippen molar-refractivity contribution in [3.05, 3.63) is 66.1 Å². The third-order valence-electron chi connectivity index (χ3n) is 6.18. The van der Waals surface area contributed by atoms with Crippen molar-refractivity contribution in [2.45, 2.75) is 17.9 Å². The van der Waals surface area contributed by atoms with Crippen molar-refractivity contribution in [3.8, 4) is 0 Å². The lowest BCUT2D eigenvalue weighted by Crippen LogP contribution is -2.43. The van der Waals surface area contributed by atoms with Crippen molar-refractivity contribution in [3.63, 3.8) is 0 Å². The predicted molar refractivity (Wildman–Crippen MR) is 114 cm³/mol. The van der Waals surface area contributed by atoms with Crippen LogP contribution in [0, 0.1) is 11.8 Å². The highest BCUT2D eigenvalue weighted by Gasteiger charge is 2.38. The Morgan fingerprint density at radius 2 is 1.94 bits per heavy atom. The van der Waals surface area contributed by atoms with E-state index < -0.39 is 10.0 Å². The molecule has 0 bridgehead atoms. The number of aromatic nitrogens is 2. The first-order valence-corrected chi connectivity index (χ1v) is 11.8. The third-order valence-corrected chi connectivity index (χ3v) is 8.06. The molecule has 4 heterocycles. The van der Waals surface area contributed by atoms with E-state index in [1.807, 2.05) is 0 Å². The number of hydrogen-bond donors (Lipinski definition) is 1. The van der Waals surface area contributed by atoms with Crippen molar-refractivity contribution in [1.29, 1.82) is 0 Å². The summed E-state index contributed by atoms with van der Waals surface area (Å²) in [6.45, 7) is 2.75. The Hall–Kier alpha value is -2.75. The Morgan fingerprint density at radius 3 is 2.77 bits per heavy atom. The summed E-state index contributed by atoms with van der Waals surface area (Å²) in [4.78, 5) is 16.9. The van der Waals surface area contributed by atoms with Gasteiger partial charge in [-0.15, -0.1) is 0 Å². The summed E-state index contributed by atoms with van der Waals surface area (Å²) in [5.41, 5.74) is 2.14. The quantitative estimate of drug-likeness (QED) is 0.654. The molecule has 9 heteroatoms. The number of rotatable bonds is 5. The van der Waals surface area contributed by atoms with Crippen molar-refractivity contribution in [2.75, 3.05) is 26.3 Å². The zero-order chi connectivity index (χ0) is 21.4. The Balaban J connectivity index is 1.22. The predicted octanol–water partition coefficient (Wildman–Crippen LogP) is 1.92. The van der Waals surface area contributed by atoms with Crippen LogP contribution in [0.2, 0.25) is 0 Å². The van der Waals surface area contributed by atoms with E-state index in [2.05, 4.69) is 10.3 Å². The van der Waals surface area contributed by atoms with E-state index in [1.54, 1.807) is 63.7 Å². The number of imidazole rings is 1. The molecule has 2 unspecified atom stereocenters. The number of fused-ring (bicyclic) bond motifs is 2. The van der Waals surface area contributed by atoms with Gasteiger partial charge >= 0.3 is 0 Å². The van der Waals surface area contributed by atoms with Gasteiger partial charge < -0.3 is 14.5 Å². The second-order valence-corrected chi connectivity index (χ2v) is 10.1. The molecule has 2 aliphatic heterocycles. The minimum atomic E-state index is -3.53. The number of ether oxygens (including phenoxy) is 1. The van der Waals surface area contributed by atoms with Crippen LogP contribution in [0.25, 0.3) is 5.65 Å². The number of nitrogens with zero attached hydrogens (tertiary/aromatic N) is 3. The fraction of sp³-hybridized carbons (Fsp3) is 0.364. The number of carbonyl (C=O) groups excluding carboxylic acids is 1. The summed E-state index contributed by atoms with van der Waals surface area (Å²) in [5, 5.41) is 2.87. The molecule has 31 heavy (non-hydrogen) atoms. The number of benzene rings is 1. The van der Waals surface area contributed by atoms with Crippen LogP contribution in [-0.2, 0) is 21.3 Å². The molecule has 0 aliphatic carbocycles. The molecule has 2 atom stereocenters. The summed E-state index contributed by atoms with van der Waals surface area (Å²) in [7, 11) is -3.53. The van der Waals surface area contributed by atoms with Crippen LogP contribution in [0.5, 0.6) is 0 Å². The van der Waals surface area contributed by atoms with Gasteiger partial charge in [0, 0.05) is 50.7 Å². The second-order valence-electron chi connectivity index (χ2n) is 8.15. The second kappa shape index (κ2) is 8.07. The first-order valence-electron chi connectivity index (χ1n) is 10.4. The van der Waals surface area contributed by atoms with Gasteiger partial charge in [0.2, 0.25) is 10.0 Å². The highest BCUT2D eigenvalue weighted by molar-refractivity contribution is 7.89. The van der Waals surface area contributed by atoms with E-state index in [4.69, 9.17) is 4.74 Å². The molecule has 8 nitrogen and oxygen atoms in total. The lowest BCUT2D eigenvalue weighted by atomic mass is 9.90. The van der Waals surface area contributed by atoms with Gasteiger partial charge in [0.25, 0.3) is 5.91 Å². The lowest BCUT2D eigenvalue weighted by Gasteiger charge is -2.33. The molecule has 3 aromatic rings. The van der Waals surface area contributed by atoms with E-state index in [9.17, 15) is 13.2 Å². The Kier molecular flexibility index (Phi) is 5.25. The molecule has 0 saturated carbocycles. The molecule has 5 rings (SSSR count). The third kappa shape index (κ3) is 3.96. The molecule has 162 valence electrons. The summed E-state index contributed by atoms with van der Waals surface area (Å²) in [6, 6.07) is 10.2. The Labute approximate surface area is 180 Å². The topological polar surface area (TPSA) is 93.0 Å². The van der Waals surface area contributed by atoms with E-state index in [0.717, 1.165) is 24.2 Å². The van der Waals surface area contributed by atoms with Crippen LogP contribution in [0.4, 0.5) is 0 Å². The minimum Gasteiger partial charge on any atom is -0.381 e. The molecule has 2 aliphatic rings. The molecule has 2 aromatic heterocycles.